The fourth-order valence-corrected chi connectivity index (χ4v) is 1.97. The van der Waals surface area contributed by atoms with Crippen molar-refractivity contribution in [3.63, 3.8) is 0 Å². The summed E-state index contributed by atoms with van der Waals surface area (Å²) in [5.74, 6) is -1.51. The number of ether oxygens (including phenoxy) is 2. The quantitative estimate of drug-likeness (QED) is 0.476. The molecule has 0 aliphatic heterocycles. The highest BCUT2D eigenvalue weighted by atomic mass is 16.6. The zero-order valence-corrected chi connectivity index (χ0v) is 16.0. The molecule has 0 bridgehead atoms. The van der Waals surface area contributed by atoms with E-state index in [1.165, 1.54) is 12.1 Å². The minimum Gasteiger partial charge on any atom is -0.504 e. The smallest absolute Gasteiger partial charge is 0.323 e. The fraction of sp³-hybridized carbons (Fsp3) is 0.579. The lowest BCUT2D eigenvalue weighted by Gasteiger charge is -2.27. The van der Waals surface area contributed by atoms with Gasteiger partial charge < -0.3 is 25.4 Å². The molecule has 26 heavy (non-hydrogen) atoms. The van der Waals surface area contributed by atoms with Crippen LogP contribution in [0.15, 0.2) is 18.2 Å². The van der Waals surface area contributed by atoms with Crippen molar-refractivity contribution in [3.05, 3.63) is 23.8 Å². The Labute approximate surface area is 154 Å². The van der Waals surface area contributed by atoms with Crippen LogP contribution in [0.5, 0.6) is 11.5 Å². The number of esters is 2. The van der Waals surface area contributed by atoms with E-state index in [2.05, 4.69) is 0 Å². The van der Waals surface area contributed by atoms with Crippen molar-refractivity contribution in [2.45, 2.75) is 65.7 Å². The first-order valence-corrected chi connectivity index (χ1v) is 8.66. The lowest BCUT2D eigenvalue weighted by atomic mass is 9.90. The van der Waals surface area contributed by atoms with Gasteiger partial charge in [-0.05, 0) is 58.2 Å². The number of hydrogen-bond acceptors (Lipinski definition) is 7. The van der Waals surface area contributed by atoms with Crippen molar-refractivity contribution in [2.75, 3.05) is 0 Å². The number of carbonyl (C=O) groups excluding carboxylic acids is 2. The number of nitrogens with two attached hydrogens (primary N) is 1. The van der Waals surface area contributed by atoms with Gasteiger partial charge in [-0.15, -0.1) is 0 Å². The highest BCUT2D eigenvalue weighted by Crippen LogP contribution is 2.25. The molecular formula is C19H29NO6. The van der Waals surface area contributed by atoms with Gasteiger partial charge in [0.2, 0.25) is 0 Å². The van der Waals surface area contributed by atoms with Gasteiger partial charge in [-0.2, -0.15) is 0 Å². The van der Waals surface area contributed by atoms with Gasteiger partial charge in [0.1, 0.15) is 18.2 Å². The highest BCUT2D eigenvalue weighted by Gasteiger charge is 2.31. The maximum atomic E-state index is 12.2. The van der Waals surface area contributed by atoms with E-state index >= 15 is 0 Å². The van der Waals surface area contributed by atoms with Gasteiger partial charge >= 0.3 is 11.9 Å². The van der Waals surface area contributed by atoms with Crippen molar-refractivity contribution in [1.29, 1.82) is 0 Å². The monoisotopic (exact) mass is 367 g/mol. The van der Waals surface area contributed by atoms with Gasteiger partial charge in [-0.25, -0.2) is 0 Å². The molecule has 1 aromatic carbocycles. The van der Waals surface area contributed by atoms with E-state index < -0.39 is 29.6 Å². The Bertz CT molecular complexity index is 643. The predicted molar refractivity (Wildman–Crippen MR) is 96.6 cm³/mol. The van der Waals surface area contributed by atoms with Crippen LogP contribution in [0.3, 0.4) is 0 Å². The third kappa shape index (κ3) is 5.91. The van der Waals surface area contributed by atoms with Crippen LogP contribution in [0, 0.1) is 5.41 Å². The molecule has 7 heteroatoms. The molecular weight excluding hydrogens is 338 g/mol. The first-order valence-electron chi connectivity index (χ1n) is 8.66. The lowest BCUT2D eigenvalue weighted by Crippen LogP contribution is -2.40. The zero-order chi connectivity index (χ0) is 20.1. The second-order valence-corrected chi connectivity index (χ2v) is 7.12. The van der Waals surface area contributed by atoms with Crippen LogP contribution in [-0.4, -0.2) is 40.4 Å². The molecule has 3 atom stereocenters. The Morgan fingerprint density at radius 2 is 1.69 bits per heavy atom. The molecule has 0 radical (unpaired) electrons. The summed E-state index contributed by atoms with van der Waals surface area (Å²) in [5.41, 5.74) is 5.83. The van der Waals surface area contributed by atoms with Crippen molar-refractivity contribution in [1.82, 2.24) is 0 Å². The molecule has 0 spiro atoms. The number of rotatable bonds is 8. The van der Waals surface area contributed by atoms with E-state index in [9.17, 15) is 19.8 Å². The van der Waals surface area contributed by atoms with Crippen LogP contribution in [-0.2, 0) is 25.5 Å². The second-order valence-electron chi connectivity index (χ2n) is 7.12. The maximum absolute atomic E-state index is 12.2. The van der Waals surface area contributed by atoms with Crippen LogP contribution >= 0.6 is 0 Å². The molecule has 0 heterocycles. The van der Waals surface area contributed by atoms with Crippen LogP contribution in [0.25, 0.3) is 0 Å². The van der Waals surface area contributed by atoms with Crippen LogP contribution < -0.4 is 5.73 Å². The summed E-state index contributed by atoms with van der Waals surface area (Å²) >= 11 is 0. The van der Waals surface area contributed by atoms with Gasteiger partial charge in [0, 0.05) is 0 Å². The largest absolute Gasteiger partial charge is 0.504 e. The van der Waals surface area contributed by atoms with Gasteiger partial charge in [0.25, 0.3) is 0 Å². The standard InChI is InChI=1S/C19H29NO6/c1-6-19(4,5)18(24)26-12(3)11(2)25-17(23)14(20)9-13-7-8-15(21)16(22)10-13/h7-8,10-12,14,21-22H,6,9,20H2,1-5H3/t11-,12-,14+/m1/s1. The number of hydrogen-bond donors (Lipinski definition) is 3. The summed E-state index contributed by atoms with van der Waals surface area (Å²) in [6, 6.07) is 3.27. The average Bonchev–Trinajstić information content (AvgIpc) is 2.57. The van der Waals surface area contributed by atoms with Crippen LogP contribution in [0.4, 0.5) is 0 Å². The molecule has 0 aliphatic carbocycles. The Hall–Kier alpha value is -2.28. The molecule has 0 saturated carbocycles. The fourth-order valence-electron chi connectivity index (χ4n) is 1.97. The summed E-state index contributed by atoms with van der Waals surface area (Å²) in [7, 11) is 0. The topological polar surface area (TPSA) is 119 Å². The van der Waals surface area contributed by atoms with Crippen molar-refractivity contribution >= 4 is 11.9 Å². The van der Waals surface area contributed by atoms with E-state index in [-0.39, 0.29) is 23.9 Å². The number of carbonyl (C=O) groups is 2. The molecule has 7 nitrogen and oxygen atoms in total. The van der Waals surface area contributed by atoms with E-state index in [1.54, 1.807) is 33.8 Å². The van der Waals surface area contributed by atoms with E-state index in [0.717, 1.165) is 0 Å². The molecule has 0 unspecified atom stereocenters. The predicted octanol–water partition coefficient (Wildman–Crippen LogP) is 2.27. The zero-order valence-electron chi connectivity index (χ0n) is 16.0. The lowest BCUT2D eigenvalue weighted by molar-refractivity contribution is -0.172. The van der Waals surface area contributed by atoms with Crippen molar-refractivity contribution in [3.8, 4) is 11.5 Å². The Morgan fingerprint density at radius 1 is 1.12 bits per heavy atom. The number of phenols is 2. The first kappa shape index (κ1) is 21.8. The second kappa shape index (κ2) is 8.89. The Kier molecular flexibility index (Phi) is 7.44. The highest BCUT2D eigenvalue weighted by molar-refractivity contribution is 5.77. The molecule has 1 aromatic rings. The summed E-state index contributed by atoms with van der Waals surface area (Å²) in [4.78, 5) is 24.3. The summed E-state index contributed by atoms with van der Waals surface area (Å²) in [6.45, 7) is 8.78. The normalized spacial score (nSPS) is 15.0. The third-order valence-electron chi connectivity index (χ3n) is 4.49. The van der Waals surface area contributed by atoms with Crippen molar-refractivity contribution in [2.24, 2.45) is 11.1 Å². The molecule has 146 valence electrons. The SMILES string of the molecule is CCC(C)(C)C(=O)O[C@H](C)[C@@H](C)OC(=O)[C@@H](N)Cc1ccc(O)c(O)c1. The molecule has 0 amide bonds. The first-order chi connectivity index (χ1) is 12.0. The molecule has 0 aliphatic rings. The minimum absolute atomic E-state index is 0.135. The van der Waals surface area contributed by atoms with Gasteiger partial charge in [0.15, 0.2) is 11.5 Å². The van der Waals surface area contributed by atoms with Crippen LogP contribution in [0.2, 0.25) is 0 Å². The van der Waals surface area contributed by atoms with E-state index in [1.807, 2.05) is 6.92 Å². The van der Waals surface area contributed by atoms with Crippen LogP contribution in [0.1, 0.15) is 46.6 Å². The van der Waals surface area contributed by atoms with E-state index in [0.29, 0.717) is 12.0 Å². The maximum Gasteiger partial charge on any atom is 0.323 e. The Balaban J connectivity index is 2.59. The summed E-state index contributed by atoms with van der Waals surface area (Å²) in [5, 5.41) is 18.8. The van der Waals surface area contributed by atoms with Gasteiger partial charge in [-0.3, -0.25) is 9.59 Å². The number of aromatic hydroxyl groups is 2. The summed E-state index contributed by atoms with van der Waals surface area (Å²) in [6.07, 6.45) is -0.492. The van der Waals surface area contributed by atoms with Gasteiger partial charge in [-0.1, -0.05) is 13.0 Å². The third-order valence-corrected chi connectivity index (χ3v) is 4.49. The summed E-state index contributed by atoms with van der Waals surface area (Å²) < 4.78 is 10.7. The molecule has 1 rings (SSSR count). The molecule has 0 saturated heterocycles. The van der Waals surface area contributed by atoms with Gasteiger partial charge in [0.05, 0.1) is 5.41 Å². The average molecular weight is 367 g/mol. The molecule has 0 aromatic heterocycles. The minimum atomic E-state index is -0.948. The Morgan fingerprint density at radius 3 is 2.23 bits per heavy atom. The van der Waals surface area contributed by atoms with E-state index in [4.69, 9.17) is 15.2 Å². The number of benzene rings is 1. The molecule has 4 N–H and O–H groups in total. The molecule has 0 fully saturated rings. The number of phenolic OH excluding ortho intramolecular Hbond substituents is 2. The van der Waals surface area contributed by atoms with Crippen molar-refractivity contribution < 1.29 is 29.3 Å².